The highest BCUT2D eigenvalue weighted by molar-refractivity contribution is 5.64. The second-order valence-electron chi connectivity index (χ2n) is 4.55. The highest BCUT2D eigenvalue weighted by Crippen LogP contribution is 2.04. The first-order valence-electron chi connectivity index (χ1n) is 6.09. The third-order valence-electron chi connectivity index (χ3n) is 2.71. The molecule has 1 unspecified atom stereocenters. The van der Waals surface area contributed by atoms with Gasteiger partial charge in [0, 0.05) is 5.92 Å². The molecular weight excluding hydrogens is 228 g/mol. The molecule has 98 valence electrons. The number of allylic oxidation sites excluding steroid dienone is 4. The normalized spacial score (nSPS) is 14.1. The summed E-state index contributed by atoms with van der Waals surface area (Å²) in [4.78, 5) is 10.6. The minimum Gasteiger partial charge on any atom is -0.478 e. The van der Waals surface area contributed by atoms with Crippen LogP contribution in [0.4, 0.5) is 0 Å². The zero-order valence-corrected chi connectivity index (χ0v) is 11.2. The lowest BCUT2D eigenvalue weighted by Gasteiger charge is -2.02. The van der Waals surface area contributed by atoms with Crippen molar-refractivity contribution in [2.75, 3.05) is 0 Å². The number of hydrogen-bond acceptors (Lipinski definition) is 1. The third-order valence-corrected chi connectivity index (χ3v) is 2.71. The maximum Gasteiger partial charge on any atom is 0.346 e. The Kier molecular flexibility index (Phi) is 5.36. The highest BCUT2D eigenvalue weighted by Gasteiger charge is 2.09. The molecule has 0 aromatic carbocycles. The molecule has 0 saturated heterocycles. The van der Waals surface area contributed by atoms with E-state index in [1.54, 1.807) is 10.8 Å². The smallest absolute Gasteiger partial charge is 0.346 e. The maximum absolute atomic E-state index is 10.6. The van der Waals surface area contributed by atoms with Gasteiger partial charge in [0.2, 0.25) is 6.33 Å². The molecule has 1 N–H and O–H groups in total. The first-order valence-corrected chi connectivity index (χ1v) is 6.09. The standard InChI is InChI=1S/C14H20N2O2/c1-4-12(2)5-6-13(3)9-15-7-8-16(11-15)10-14(17)18/h4-8,11,13H,9-10H2,1-3H3/p+1/b6-5-,12-4-. The van der Waals surface area contributed by atoms with Crippen LogP contribution in [-0.4, -0.2) is 15.6 Å². The number of aliphatic carboxylic acids is 1. The van der Waals surface area contributed by atoms with Gasteiger partial charge in [0.15, 0.2) is 6.54 Å². The zero-order valence-electron chi connectivity index (χ0n) is 11.2. The Morgan fingerprint density at radius 3 is 2.89 bits per heavy atom. The van der Waals surface area contributed by atoms with Crippen LogP contribution >= 0.6 is 0 Å². The van der Waals surface area contributed by atoms with Crippen molar-refractivity contribution in [3.05, 3.63) is 42.5 Å². The van der Waals surface area contributed by atoms with Crippen LogP contribution in [0.2, 0.25) is 0 Å². The maximum atomic E-state index is 10.6. The van der Waals surface area contributed by atoms with Crippen molar-refractivity contribution in [1.29, 1.82) is 0 Å². The molecule has 1 atom stereocenters. The molecule has 4 heteroatoms. The van der Waals surface area contributed by atoms with Crippen molar-refractivity contribution < 1.29 is 14.5 Å². The minimum atomic E-state index is -0.825. The molecule has 1 aromatic rings. The lowest BCUT2D eigenvalue weighted by molar-refractivity contribution is -0.685. The van der Waals surface area contributed by atoms with Gasteiger partial charge in [0.25, 0.3) is 0 Å². The van der Waals surface area contributed by atoms with Crippen LogP contribution in [0.25, 0.3) is 0 Å². The van der Waals surface area contributed by atoms with E-state index in [4.69, 9.17) is 5.11 Å². The van der Waals surface area contributed by atoms with E-state index in [0.717, 1.165) is 6.54 Å². The van der Waals surface area contributed by atoms with Gasteiger partial charge in [-0.1, -0.05) is 30.7 Å². The zero-order chi connectivity index (χ0) is 13.5. The fourth-order valence-corrected chi connectivity index (χ4v) is 1.60. The number of nitrogens with zero attached hydrogens (tertiary/aromatic N) is 2. The Balaban J connectivity index is 2.54. The van der Waals surface area contributed by atoms with Gasteiger partial charge in [0.1, 0.15) is 12.4 Å². The first kappa shape index (κ1) is 14.2. The summed E-state index contributed by atoms with van der Waals surface area (Å²) in [5.74, 6) is -0.417. The van der Waals surface area contributed by atoms with Crippen molar-refractivity contribution in [1.82, 2.24) is 4.57 Å². The molecule has 0 aliphatic heterocycles. The van der Waals surface area contributed by atoms with Gasteiger partial charge in [-0.05, 0) is 13.8 Å². The molecule has 0 bridgehead atoms. The summed E-state index contributed by atoms with van der Waals surface area (Å²) < 4.78 is 3.67. The van der Waals surface area contributed by atoms with Crippen molar-refractivity contribution in [2.24, 2.45) is 5.92 Å². The first-order chi connectivity index (χ1) is 8.51. The SMILES string of the molecule is C/C=C(C)\C=C/C(C)Cn1cc[n+](CC(=O)O)c1. The molecule has 0 aliphatic carbocycles. The average molecular weight is 249 g/mol. The third kappa shape index (κ3) is 4.99. The van der Waals surface area contributed by atoms with E-state index in [9.17, 15) is 4.79 Å². The molecule has 4 nitrogen and oxygen atoms in total. The second kappa shape index (κ2) is 6.79. The molecule has 0 aliphatic rings. The lowest BCUT2D eigenvalue weighted by Crippen LogP contribution is -2.35. The molecular formula is C14H21N2O2+. The summed E-state index contributed by atoms with van der Waals surface area (Å²) in [6.45, 7) is 7.08. The van der Waals surface area contributed by atoms with Crippen molar-refractivity contribution in [3.63, 3.8) is 0 Å². The summed E-state index contributed by atoms with van der Waals surface area (Å²) in [5.41, 5.74) is 1.25. The van der Waals surface area contributed by atoms with Gasteiger partial charge in [-0.25, -0.2) is 13.9 Å². The van der Waals surface area contributed by atoms with Gasteiger partial charge in [0.05, 0.1) is 6.54 Å². The van der Waals surface area contributed by atoms with Gasteiger partial charge in [-0.15, -0.1) is 0 Å². The summed E-state index contributed by atoms with van der Waals surface area (Å²) in [6.07, 6.45) is 11.8. The van der Waals surface area contributed by atoms with E-state index in [-0.39, 0.29) is 6.54 Å². The van der Waals surface area contributed by atoms with E-state index in [0.29, 0.717) is 5.92 Å². The predicted molar refractivity (Wildman–Crippen MR) is 70.0 cm³/mol. The molecule has 0 fully saturated rings. The summed E-state index contributed by atoms with van der Waals surface area (Å²) in [6, 6.07) is 0. The van der Waals surface area contributed by atoms with Gasteiger partial charge < -0.3 is 5.11 Å². The molecule has 0 saturated carbocycles. The van der Waals surface area contributed by atoms with E-state index in [1.165, 1.54) is 5.57 Å². The van der Waals surface area contributed by atoms with Gasteiger partial charge in [-0.2, -0.15) is 0 Å². The van der Waals surface area contributed by atoms with E-state index in [1.807, 2.05) is 24.0 Å². The largest absolute Gasteiger partial charge is 0.478 e. The number of carboxylic acid groups (broad SMARTS) is 1. The molecule has 0 spiro atoms. The van der Waals surface area contributed by atoms with Crippen LogP contribution < -0.4 is 4.57 Å². The van der Waals surface area contributed by atoms with Crippen LogP contribution in [0.1, 0.15) is 20.8 Å². The Labute approximate surface area is 108 Å². The Morgan fingerprint density at radius 2 is 2.28 bits per heavy atom. The fraction of sp³-hybridized carbons (Fsp3) is 0.429. The number of carboxylic acids is 1. The quantitative estimate of drug-likeness (QED) is 0.619. The number of hydrogen-bond donors (Lipinski definition) is 1. The Morgan fingerprint density at radius 1 is 1.56 bits per heavy atom. The molecule has 1 heterocycles. The van der Waals surface area contributed by atoms with Crippen LogP contribution in [0.15, 0.2) is 42.5 Å². The average Bonchev–Trinajstić information content (AvgIpc) is 2.72. The lowest BCUT2D eigenvalue weighted by atomic mass is 10.1. The Bertz CT molecular complexity index is 458. The molecule has 1 rings (SSSR count). The van der Waals surface area contributed by atoms with Crippen LogP contribution in [-0.2, 0) is 17.9 Å². The van der Waals surface area contributed by atoms with Crippen LogP contribution in [0, 0.1) is 5.92 Å². The number of imidazole rings is 1. The fourth-order valence-electron chi connectivity index (χ4n) is 1.60. The van der Waals surface area contributed by atoms with Crippen molar-refractivity contribution in [2.45, 2.75) is 33.9 Å². The van der Waals surface area contributed by atoms with Crippen molar-refractivity contribution in [3.8, 4) is 0 Å². The highest BCUT2D eigenvalue weighted by atomic mass is 16.4. The van der Waals surface area contributed by atoms with E-state index < -0.39 is 5.97 Å². The number of rotatable bonds is 6. The Hall–Kier alpha value is -1.84. The van der Waals surface area contributed by atoms with E-state index >= 15 is 0 Å². The molecule has 1 aromatic heterocycles. The summed E-state index contributed by atoms with van der Waals surface area (Å²) >= 11 is 0. The topological polar surface area (TPSA) is 46.1 Å². The predicted octanol–water partition coefficient (Wildman–Crippen LogP) is 2.02. The van der Waals surface area contributed by atoms with Crippen molar-refractivity contribution >= 4 is 5.97 Å². The molecule has 18 heavy (non-hydrogen) atoms. The number of aromatic nitrogens is 2. The summed E-state index contributed by atoms with van der Waals surface area (Å²) in [7, 11) is 0. The summed E-state index contributed by atoms with van der Waals surface area (Å²) in [5, 5.41) is 8.68. The molecule has 0 amide bonds. The van der Waals surface area contributed by atoms with E-state index in [2.05, 4.69) is 32.1 Å². The molecule has 0 radical (unpaired) electrons. The minimum absolute atomic E-state index is 0.00883. The van der Waals surface area contributed by atoms with Crippen LogP contribution in [0.3, 0.4) is 0 Å². The van der Waals surface area contributed by atoms with Gasteiger partial charge >= 0.3 is 5.97 Å². The van der Waals surface area contributed by atoms with Gasteiger partial charge in [-0.3, -0.25) is 0 Å². The van der Waals surface area contributed by atoms with Crippen LogP contribution in [0.5, 0.6) is 0 Å². The monoisotopic (exact) mass is 249 g/mol. The number of carbonyl (C=O) groups is 1. The second-order valence-corrected chi connectivity index (χ2v) is 4.55.